The third-order valence-electron chi connectivity index (χ3n) is 5.66. The molecule has 150 valence electrons. The summed E-state index contributed by atoms with van der Waals surface area (Å²) in [5.74, 6) is 2.32. The van der Waals surface area contributed by atoms with Crippen LogP contribution < -0.4 is 5.32 Å². The van der Waals surface area contributed by atoms with Crippen molar-refractivity contribution in [1.29, 1.82) is 0 Å². The van der Waals surface area contributed by atoms with Crippen LogP contribution in [0.5, 0.6) is 0 Å². The van der Waals surface area contributed by atoms with E-state index in [0.29, 0.717) is 30.3 Å². The predicted molar refractivity (Wildman–Crippen MR) is 102 cm³/mol. The molecule has 2 aliphatic rings. The molecule has 5 rings (SSSR count). The number of benzene rings is 1. The van der Waals surface area contributed by atoms with Crippen LogP contribution in [0.1, 0.15) is 40.9 Å². The number of halogens is 1. The van der Waals surface area contributed by atoms with E-state index in [2.05, 4.69) is 25.2 Å². The van der Waals surface area contributed by atoms with Gasteiger partial charge in [-0.05, 0) is 37.1 Å². The normalized spacial score (nSPS) is 17.3. The minimum absolute atomic E-state index is 0.145. The van der Waals surface area contributed by atoms with Crippen molar-refractivity contribution in [2.75, 3.05) is 19.6 Å². The molecular weight excluding hydrogens is 375 g/mol. The number of carbonyl (C=O) groups excluding carboxylic acids is 1. The van der Waals surface area contributed by atoms with E-state index in [1.54, 1.807) is 23.1 Å². The van der Waals surface area contributed by atoms with Gasteiger partial charge in [-0.25, -0.2) is 4.39 Å². The fraction of sp³-hybridized carbons (Fsp3) is 0.400. The second kappa shape index (κ2) is 7.40. The number of fused-ring (bicyclic) bond motifs is 1. The molecule has 0 spiro atoms. The quantitative estimate of drug-likeness (QED) is 0.730. The zero-order chi connectivity index (χ0) is 19.8. The number of rotatable bonds is 3. The molecule has 3 aromatic rings. The first-order chi connectivity index (χ1) is 14.2. The summed E-state index contributed by atoms with van der Waals surface area (Å²) in [6, 6.07) is 7.52. The van der Waals surface area contributed by atoms with Crippen LogP contribution in [0.25, 0.3) is 11.3 Å². The lowest BCUT2D eigenvalue weighted by Crippen LogP contribution is -2.39. The molecule has 29 heavy (non-hydrogen) atoms. The highest BCUT2D eigenvalue weighted by Gasteiger charge is 2.30. The number of piperidine rings is 1. The van der Waals surface area contributed by atoms with Gasteiger partial charge in [0, 0.05) is 43.7 Å². The molecule has 1 aromatic carbocycles. The highest BCUT2D eigenvalue weighted by atomic mass is 19.1. The maximum atomic E-state index is 13.1. The molecule has 0 unspecified atom stereocenters. The molecule has 1 saturated heterocycles. The first-order valence-corrected chi connectivity index (χ1v) is 9.83. The fourth-order valence-electron chi connectivity index (χ4n) is 4.05. The van der Waals surface area contributed by atoms with Crippen LogP contribution >= 0.6 is 0 Å². The van der Waals surface area contributed by atoms with E-state index >= 15 is 0 Å². The van der Waals surface area contributed by atoms with Crippen molar-refractivity contribution in [1.82, 2.24) is 30.1 Å². The summed E-state index contributed by atoms with van der Waals surface area (Å²) in [4.78, 5) is 14.6. The van der Waals surface area contributed by atoms with E-state index < -0.39 is 0 Å². The Labute approximate surface area is 166 Å². The Kier molecular flexibility index (Phi) is 4.59. The minimum atomic E-state index is -0.322. The average Bonchev–Trinajstić information content (AvgIpc) is 3.42. The van der Waals surface area contributed by atoms with Gasteiger partial charge in [0.15, 0.2) is 11.5 Å². The molecule has 0 bridgehead atoms. The summed E-state index contributed by atoms with van der Waals surface area (Å²) in [5, 5.41) is 15.9. The van der Waals surface area contributed by atoms with Gasteiger partial charge in [-0.2, -0.15) is 0 Å². The van der Waals surface area contributed by atoms with Crippen LogP contribution in [-0.4, -0.2) is 50.4 Å². The van der Waals surface area contributed by atoms with E-state index in [4.69, 9.17) is 4.52 Å². The standard InChI is InChI=1S/C20H21FN6O2/c21-15-3-1-13(2-4-15)17-11-16(25-29-17)20(28)26-8-5-14(6-9-26)19-24-23-18-12-22-7-10-27(18)19/h1-4,11,14,22H,5-10,12H2. The van der Waals surface area contributed by atoms with Crippen LogP contribution in [-0.2, 0) is 13.1 Å². The van der Waals surface area contributed by atoms with Crippen LogP contribution in [0, 0.1) is 5.82 Å². The second-order valence-corrected chi connectivity index (χ2v) is 7.45. The lowest BCUT2D eigenvalue weighted by Gasteiger charge is -2.31. The summed E-state index contributed by atoms with van der Waals surface area (Å²) in [5.41, 5.74) is 0.955. The maximum Gasteiger partial charge on any atom is 0.276 e. The SMILES string of the molecule is O=C(c1cc(-c2ccc(F)cc2)on1)N1CCC(c2nnc3n2CCNC3)CC1. The molecule has 8 nitrogen and oxygen atoms in total. The Morgan fingerprint density at radius 1 is 1.14 bits per heavy atom. The zero-order valence-corrected chi connectivity index (χ0v) is 15.8. The van der Waals surface area contributed by atoms with Crippen molar-refractivity contribution in [3.8, 4) is 11.3 Å². The summed E-state index contributed by atoms with van der Waals surface area (Å²) in [6.45, 7) is 3.86. The largest absolute Gasteiger partial charge is 0.355 e. The molecule has 4 heterocycles. The topological polar surface area (TPSA) is 89.1 Å². The van der Waals surface area contributed by atoms with Gasteiger partial charge in [-0.3, -0.25) is 4.79 Å². The number of nitrogens with one attached hydrogen (secondary N) is 1. The van der Waals surface area contributed by atoms with E-state index in [9.17, 15) is 9.18 Å². The second-order valence-electron chi connectivity index (χ2n) is 7.45. The average molecular weight is 396 g/mol. The van der Waals surface area contributed by atoms with E-state index in [1.807, 2.05) is 0 Å². The lowest BCUT2D eigenvalue weighted by molar-refractivity contribution is 0.0699. The maximum absolute atomic E-state index is 13.1. The minimum Gasteiger partial charge on any atom is -0.355 e. The number of hydrogen-bond acceptors (Lipinski definition) is 6. The molecule has 1 fully saturated rings. The Hall–Kier alpha value is -3.07. The molecule has 0 radical (unpaired) electrons. The number of hydrogen-bond donors (Lipinski definition) is 1. The number of amides is 1. The van der Waals surface area contributed by atoms with Gasteiger partial charge in [-0.15, -0.1) is 10.2 Å². The van der Waals surface area contributed by atoms with Crippen molar-refractivity contribution in [3.63, 3.8) is 0 Å². The number of nitrogens with zero attached hydrogens (tertiary/aromatic N) is 5. The highest BCUT2D eigenvalue weighted by molar-refractivity contribution is 5.93. The number of likely N-dealkylation sites (tertiary alicyclic amines) is 1. The number of aromatic nitrogens is 4. The molecule has 2 aliphatic heterocycles. The van der Waals surface area contributed by atoms with E-state index in [1.165, 1.54) is 12.1 Å². The van der Waals surface area contributed by atoms with Crippen molar-refractivity contribution in [2.24, 2.45) is 0 Å². The molecule has 2 aromatic heterocycles. The van der Waals surface area contributed by atoms with Crippen molar-refractivity contribution in [3.05, 3.63) is 53.5 Å². The smallest absolute Gasteiger partial charge is 0.276 e. The van der Waals surface area contributed by atoms with E-state index in [-0.39, 0.29) is 17.4 Å². The van der Waals surface area contributed by atoms with Gasteiger partial charge in [0.2, 0.25) is 0 Å². The van der Waals surface area contributed by atoms with Gasteiger partial charge < -0.3 is 19.3 Å². The summed E-state index contributed by atoms with van der Waals surface area (Å²) in [6.07, 6.45) is 1.69. The Morgan fingerprint density at radius 3 is 2.72 bits per heavy atom. The van der Waals surface area contributed by atoms with Crippen LogP contribution in [0.3, 0.4) is 0 Å². The van der Waals surface area contributed by atoms with Crippen LogP contribution in [0.2, 0.25) is 0 Å². The van der Waals surface area contributed by atoms with Gasteiger partial charge in [-0.1, -0.05) is 5.16 Å². The van der Waals surface area contributed by atoms with Gasteiger partial charge in [0.25, 0.3) is 5.91 Å². The van der Waals surface area contributed by atoms with E-state index in [0.717, 1.165) is 44.1 Å². The number of carbonyl (C=O) groups is 1. The highest BCUT2D eigenvalue weighted by Crippen LogP contribution is 2.29. The first-order valence-electron chi connectivity index (χ1n) is 9.83. The first kappa shape index (κ1) is 18.0. The van der Waals surface area contributed by atoms with Crippen LogP contribution in [0.4, 0.5) is 4.39 Å². The van der Waals surface area contributed by atoms with Gasteiger partial charge in [0.1, 0.15) is 17.5 Å². The lowest BCUT2D eigenvalue weighted by atomic mass is 9.95. The Balaban J connectivity index is 1.25. The summed E-state index contributed by atoms with van der Waals surface area (Å²) >= 11 is 0. The van der Waals surface area contributed by atoms with Gasteiger partial charge in [0.05, 0.1) is 6.54 Å². The fourth-order valence-corrected chi connectivity index (χ4v) is 4.05. The molecule has 9 heteroatoms. The zero-order valence-electron chi connectivity index (χ0n) is 15.8. The molecule has 1 amide bonds. The van der Waals surface area contributed by atoms with Crippen LogP contribution in [0.15, 0.2) is 34.9 Å². The summed E-state index contributed by atoms with van der Waals surface area (Å²) < 4.78 is 20.6. The van der Waals surface area contributed by atoms with Crippen molar-refractivity contribution in [2.45, 2.75) is 31.8 Å². The Morgan fingerprint density at radius 2 is 1.93 bits per heavy atom. The third kappa shape index (κ3) is 3.42. The monoisotopic (exact) mass is 396 g/mol. The predicted octanol–water partition coefficient (Wildman–Crippen LogP) is 2.20. The Bertz CT molecular complexity index is 1020. The van der Waals surface area contributed by atoms with Gasteiger partial charge >= 0.3 is 0 Å². The molecule has 0 aliphatic carbocycles. The molecule has 1 N–H and O–H groups in total. The molecule has 0 saturated carbocycles. The molecular formula is C20H21FN6O2. The van der Waals surface area contributed by atoms with Crippen molar-refractivity contribution < 1.29 is 13.7 Å². The van der Waals surface area contributed by atoms with Crippen molar-refractivity contribution >= 4 is 5.91 Å². The summed E-state index contributed by atoms with van der Waals surface area (Å²) in [7, 11) is 0. The molecule has 0 atom stereocenters. The third-order valence-corrected chi connectivity index (χ3v) is 5.66.